The minimum atomic E-state index is -0.0987. The molecule has 0 radical (unpaired) electrons. The first-order valence-electron chi connectivity index (χ1n) is 9.55. The van der Waals surface area contributed by atoms with Crippen LogP contribution in [0.3, 0.4) is 0 Å². The standard InChI is InChI=1S/C19H24N4O4S/c1-13(24)22-6-4-14(5-7-22)17(25)21-19-20-16(15-3-2-10-27-15)18(28-19)23-8-11-26-12-9-23/h2-3,10,14H,4-9,11-12H2,1H3,(H,20,21,25). The largest absolute Gasteiger partial charge is 0.463 e. The van der Waals surface area contributed by atoms with E-state index in [4.69, 9.17) is 9.15 Å². The van der Waals surface area contributed by atoms with Crippen LogP contribution in [0.4, 0.5) is 10.1 Å². The molecule has 2 saturated heterocycles. The lowest BCUT2D eigenvalue weighted by molar-refractivity contribution is -0.132. The molecule has 0 spiro atoms. The monoisotopic (exact) mass is 404 g/mol. The van der Waals surface area contributed by atoms with Gasteiger partial charge < -0.3 is 24.3 Å². The normalized spacial score (nSPS) is 18.3. The van der Waals surface area contributed by atoms with Crippen LogP contribution in [0.1, 0.15) is 19.8 Å². The van der Waals surface area contributed by atoms with Gasteiger partial charge in [0.15, 0.2) is 10.9 Å². The maximum atomic E-state index is 12.7. The Labute approximate surface area is 167 Å². The molecule has 0 saturated carbocycles. The van der Waals surface area contributed by atoms with Crippen LogP contribution in [-0.2, 0) is 14.3 Å². The number of likely N-dealkylation sites (tertiary alicyclic amines) is 1. The molecule has 2 amide bonds. The quantitative estimate of drug-likeness (QED) is 0.842. The van der Waals surface area contributed by atoms with Gasteiger partial charge in [0.05, 0.1) is 19.5 Å². The van der Waals surface area contributed by atoms with Crippen molar-refractivity contribution in [3.63, 3.8) is 0 Å². The number of piperidine rings is 1. The van der Waals surface area contributed by atoms with E-state index in [2.05, 4.69) is 15.2 Å². The number of nitrogens with one attached hydrogen (secondary N) is 1. The van der Waals surface area contributed by atoms with Crippen molar-refractivity contribution in [1.29, 1.82) is 0 Å². The molecule has 2 aliphatic heterocycles. The Balaban J connectivity index is 1.49. The fraction of sp³-hybridized carbons (Fsp3) is 0.526. The molecular weight excluding hydrogens is 380 g/mol. The van der Waals surface area contributed by atoms with Crippen molar-refractivity contribution >= 4 is 33.3 Å². The fourth-order valence-electron chi connectivity index (χ4n) is 3.58. The number of hydrogen-bond acceptors (Lipinski definition) is 7. The van der Waals surface area contributed by atoms with E-state index < -0.39 is 0 Å². The number of thiazole rings is 1. The summed E-state index contributed by atoms with van der Waals surface area (Å²) in [5.74, 6) is 0.625. The van der Waals surface area contributed by atoms with Gasteiger partial charge in [-0.3, -0.25) is 9.59 Å². The summed E-state index contributed by atoms with van der Waals surface area (Å²) in [5, 5.41) is 4.54. The van der Waals surface area contributed by atoms with E-state index in [9.17, 15) is 9.59 Å². The molecule has 2 aromatic rings. The van der Waals surface area contributed by atoms with Gasteiger partial charge in [-0.2, -0.15) is 0 Å². The summed E-state index contributed by atoms with van der Waals surface area (Å²) >= 11 is 1.46. The fourth-order valence-corrected chi connectivity index (χ4v) is 4.61. The molecule has 1 N–H and O–H groups in total. The minimum absolute atomic E-state index is 0.0310. The SMILES string of the molecule is CC(=O)N1CCC(C(=O)Nc2nc(-c3ccco3)c(N3CCOCC3)s2)CC1. The van der Waals surface area contributed by atoms with Gasteiger partial charge in [0.2, 0.25) is 11.8 Å². The zero-order valence-electron chi connectivity index (χ0n) is 15.8. The third kappa shape index (κ3) is 4.05. The van der Waals surface area contributed by atoms with Crippen LogP contribution in [-0.4, -0.2) is 61.1 Å². The molecule has 0 aromatic carbocycles. The second-order valence-electron chi connectivity index (χ2n) is 7.02. The molecule has 150 valence electrons. The first kappa shape index (κ1) is 18.9. The first-order valence-corrected chi connectivity index (χ1v) is 10.4. The number of amides is 2. The Bertz CT molecular complexity index is 821. The smallest absolute Gasteiger partial charge is 0.229 e. The van der Waals surface area contributed by atoms with Crippen molar-refractivity contribution < 1.29 is 18.7 Å². The predicted octanol–water partition coefficient (Wildman–Crippen LogP) is 2.44. The van der Waals surface area contributed by atoms with E-state index in [-0.39, 0.29) is 17.7 Å². The summed E-state index contributed by atoms with van der Waals surface area (Å²) in [4.78, 5) is 32.9. The van der Waals surface area contributed by atoms with Gasteiger partial charge in [0, 0.05) is 39.0 Å². The predicted molar refractivity (Wildman–Crippen MR) is 106 cm³/mol. The van der Waals surface area contributed by atoms with Crippen molar-refractivity contribution in [2.45, 2.75) is 19.8 Å². The summed E-state index contributed by atoms with van der Waals surface area (Å²) in [6.45, 7) is 5.74. The highest BCUT2D eigenvalue weighted by atomic mass is 32.1. The van der Waals surface area contributed by atoms with Crippen LogP contribution in [0, 0.1) is 5.92 Å². The van der Waals surface area contributed by atoms with Crippen LogP contribution in [0.25, 0.3) is 11.5 Å². The highest BCUT2D eigenvalue weighted by molar-refractivity contribution is 7.20. The zero-order chi connectivity index (χ0) is 19.5. The van der Waals surface area contributed by atoms with Crippen molar-refractivity contribution in [3.8, 4) is 11.5 Å². The average Bonchev–Trinajstić information content (AvgIpc) is 3.38. The first-order chi connectivity index (χ1) is 13.6. The number of aromatic nitrogens is 1. The number of carbonyl (C=O) groups excluding carboxylic acids is 2. The van der Waals surface area contributed by atoms with Gasteiger partial charge >= 0.3 is 0 Å². The van der Waals surface area contributed by atoms with Crippen LogP contribution >= 0.6 is 11.3 Å². The number of anilines is 2. The van der Waals surface area contributed by atoms with E-state index in [1.54, 1.807) is 18.1 Å². The van der Waals surface area contributed by atoms with Crippen molar-refractivity contribution in [1.82, 2.24) is 9.88 Å². The van der Waals surface area contributed by atoms with E-state index >= 15 is 0 Å². The third-order valence-corrected chi connectivity index (χ3v) is 6.23. The van der Waals surface area contributed by atoms with E-state index in [0.29, 0.717) is 50.0 Å². The maximum Gasteiger partial charge on any atom is 0.229 e. The number of rotatable bonds is 4. The van der Waals surface area contributed by atoms with E-state index in [1.807, 2.05) is 12.1 Å². The number of furan rings is 1. The highest BCUT2D eigenvalue weighted by Crippen LogP contribution is 2.39. The Morgan fingerprint density at radius 2 is 1.96 bits per heavy atom. The van der Waals surface area contributed by atoms with Crippen molar-refractivity contribution in [2.75, 3.05) is 49.6 Å². The Kier molecular flexibility index (Phi) is 5.63. The second-order valence-corrected chi connectivity index (χ2v) is 8.00. The molecule has 8 nitrogen and oxygen atoms in total. The lowest BCUT2D eigenvalue weighted by atomic mass is 9.96. The van der Waals surface area contributed by atoms with Crippen LogP contribution in [0.5, 0.6) is 0 Å². The second kappa shape index (κ2) is 8.32. The zero-order valence-corrected chi connectivity index (χ0v) is 16.7. The Hall–Kier alpha value is -2.39. The lowest BCUT2D eigenvalue weighted by Gasteiger charge is -2.30. The summed E-state index contributed by atoms with van der Waals surface area (Å²) in [7, 11) is 0. The maximum absolute atomic E-state index is 12.7. The summed E-state index contributed by atoms with van der Waals surface area (Å²) in [5.41, 5.74) is 0.749. The Morgan fingerprint density at radius 1 is 1.21 bits per heavy atom. The third-order valence-electron chi connectivity index (χ3n) is 5.20. The van der Waals surface area contributed by atoms with Crippen molar-refractivity contribution in [3.05, 3.63) is 18.4 Å². The van der Waals surface area contributed by atoms with Gasteiger partial charge in [0.25, 0.3) is 0 Å². The average molecular weight is 404 g/mol. The van der Waals surface area contributed by atoms with E-state index in [0.717, 1.165) is 23.8 Å². The number of morpholine rings is 1. The summed E-state index contributed by atoms with van der Waals surface area (Å²) in [6.07, 6.45) is 2.98. The molecule has 0 aliphatic carbocycles. The molecule has 0 bridgehead atoms. The molecule has 0 atom stereocenters. The molecule has 4 rings (SSSR count). The number of nitrogens with zero attached hydrogens (tertiary/aromatic N) is 3. The van der Waals surface area contributed by atoms with E-state index in [1.165, 1.54) is 11.3 Å². The molecule has 28 heavy (non-hydrogen) atoms. The number of hydrogen-bond donors (Lipinski definition) is 1. The minimum Gasteiger partial charge on any atom is -0.463 e. The lowest BCUT2D eigenvalue weighted by Crippen LogP contribution is -2.40. The van der Waals surface area contributed by atoms with Gasteiger partial charge in [-0.25, -0.2) is 4.98 Å². The molecule has 0 unspecified atom stereocenters. The molecule has 9 heteroatoms. The molecular formula is C19H24N4O4S. The summed E-state index contributed by atoms with van der Waals surface area (Å²) < 4.78 is 11.0. The number of carbonyl (C=O) groups is 2. The summed E-state index contributed by atoms with van der Waals surface area (Å²) in [6, 6.07) is 3.71. The Morgan fingerprint density at radius 3 is 2.61 bits per heavy atom. The topological polar surface area (TPSA) is 87.9 Å². The van der Waals surface area contributed by atoms with Crippen molar-refractivity contribution in [2.24, 2.45) is 5.92 Å². The number of ether oxygens (including phenoxy) is 1. The van der Waals surface area contributed by atoms with Gasteiger partial charge in [-0.15, -0.1) is 0 Å². The van der Waals surface area contributed by atoms with Crippen LogP contribution in [0.15, 0.2) is 22.8 Å². The van der Waals surface area contributed by atoms with Gasteiger partial charge in [-0.05, 0) is 25.0 Å². The van der Waals surface area contributed by atoms with Gasteiger partial charge in [-0.1, -0.05) is 11.3 Å². The molecule has 2 aromatic heterocycles. The molecule has 2 aliphatic rings. The van der Waals surface area contributed by atoms with Gasteiger partial charge in [0.1, 0.15) is 10.7 Å². The molecule has 4 heterocycles. The highest BCUT2D eigenvalue weighted by Gasteiger charge is 2.28. The van der Waals surface area contributed by atoms with Crippen LogP contribution < -0.4 is 10.2 Å². The van der Waals surface area contributed by atoms with Crippen LogP contribution in [0.2, 0.25) is 0 Å². The molecule has 2 fully saturated rings.